The first-order valence-electron chi connectivity index (χ1n) is 7.11. The van der Waals surface area contributed by atoms with Crippen LogP contribution in [-0.4, -0.2) is 12.7 Å². The fraction of sp³-hybridized carbons (Fsp3) is 0.500. The van der Waals surface area contributed by atoms with Crippen molar-refractivity contribution in [2.75, 3.05) is 0 Å². The predicted molar refractivity (Wildman–Crippen MR) is 73.8 cm³/mol. The minimum Gasteiger partial charge on any atom is -0.434 e. The van der Waals surface area contributed by atoms with Crippen LogP contribution in [0.2, 0.25) is 0 Å². The number of benzene rings is 1. The summed E-state index contributed by atoms with van der Waals surface area (Å²) in [5, 5.41) is 3.54. The van der Waals surface area contributed by atoms with Crippen molar-refractivity contribution in [1.82, 2.24) is 5.32 Å². The van der Waals surface area contributed by atoms with E-state index in [1.165, 1.54) is 12.8 Å². The first-order valence-corrected chi connectivity index (χ1v) is 7.11. The van der Waals surface area contributed by atoms with Crippen LogP contribution < -0.4 is 10.1 Å². The number of halogens is 2. The van der Waals surface area contributed by atoms with E-state index in [1.54, 1.807) is 12.1 Å². The van der Waals surface area contributed by atoms with E-state index in [9.17, 15) is 8.78 Å². The Balaban J connectivity index is 1.67. The lowest BCUT2D eigenvalue weighted by molar-refractivity contribution is -0.0507. The number of hydrogen-bond donors (Lipinski definition) is 1. The second-order valence-electron chi connectivity index (χ2n) is 5.65. The third-order valence-electron chi connectivity index (χ3n) is 4.43. The minimum atomic E-state index is -2.78. The van der Waals surface area contributed by atoms with E-state index < -0.39 is 6.61 Å². The van der Waals surface area contributed by atoms with Crippen LogP contribution in [0.25, 0.3) is 0 Å². The Hall–Kier alpha value is -1.42. The Morgan fingerprint density at radius 3 is 2.85 bits per heavy atom. The van der Waals surface area contributed by atoms with Crippen molar-refractivity contribution >= 4 is 0 Å². The number of hydrogen-bond acceptors (Lipinski definition) is 2. The van der Waals surface area contributed by atoms with Gasteiger partial charge in [0.1, 0.15) is 5.75 Å². The standard InChI is InChI=1S/C16H19F2NO/c1-10(19-14-9-11-5-4-7-13(11)14)12-6-2-3-8-15(12)20-16(17)18/h2-4,6-8,10-11,13-14,16,19H,5,9H2,1H3. The van der Waals surface area contributed by atoms with E-state index in [0.29, 0.717) is 12.0 Å². The number of para-hydroxylation sites is 1. The van der Waals surface area contributed by atoms with Gasteiger partial charge in [-0.15, -0.1) is 0 Å². The molecule has 1 N–H and O–H groups in total. The largest absolute Gasteiger partial charge is 0.434 e. The maximum atomic E-state index is 12.4. The molecule has 20 heavy (non-hydrogen) atoms. The van der Waals surface area contributed by atoms with Gasteiger partial charge in [0.25, 0.3) is 0 Å². The molecule has 0 aliphatic heterocycles. The highest BCUT2D eigenvalue weighted by atomic mass is 19.3. The zero-order chi connectivity index (χ0) is 14.1. The van der Waals surface area contributed by atoms with Crippen molar-refractivity contribution in [2.45, 2.75) is 38.5 Å². The molecule has 2 aliphatic rings. The third kappa shape index (κ3) is 2.57. The van der Waals surface area contributed by atoms with Crippen molar-refractivity contribution in [3.05, 3.63) is 42.0 Å². The topological polar surface area (TPSA) is 21.3 Å². The van der Waals surface area contributed by atoms with Gasteiger partial charge < -0.3 is 10.1 Å². The van der Waals surface area contributed by atoms with E-state index >= 15 is 0 Å². The smallest absolute Gasteiger partial charge is 0.387 e. The zero-order valence-corrected chi connectivity index (χ0v) is 11.4. The summed E-state index contributed by atoms with van der Waals surface area (Å²) in [5.41, 5.74) is 0.790. The van der Waals surface area contributed by atoms with Crippen LogP contribution in [0.1, 0.15) is 31.4 Å². The molecule has 2 nitrogen and oxygen atoms in total. The van der Waals surface area contributed by atoms with Crippen LogP contribution in [0.4, 0.5) is 8.78 Å². The maximum absolute atomic E-state index is 12.4. The summed E-state index contributed by atoms with van der Waals surface area (Å²) in [6, 6.07) is 7.46. The van der Waals surface area contributed by atoms with Gasteiger partial charge in [0.05, 0.1) is 0 Å². The van der Waals surface area contributed by atoms with Crippen molar-refractivity contribution in [3.8, 4) is 5.75 Å². The van der Waals surface area contributed by atoms with Gasteiger partial charge >= 0.3 is 6.61 Å². The third-order valence-corrected chi connectivity index (χ3v) is 4.43. The molecule has 0 amide bonds. The van der Waals surface area contributed by atoms with Gasteiger partial charge in [0, 0.05) is 17.6 Å². The number of fused-ring (bicyclic) bond motifs is 1. The molecule has 1 aromatic rings. The molecule has 2 aliphatic carbocycles. The lowest BCUT2D eigenvalue weighted by Gasteiger charge is -2.42. The maximum Gasteiger partial charge on any atom is 0.387 e. The summed E-state index contributed by atoms with van der Waals surface area (Å²) in [5.74, 6) is 1.66. The van der Waals surface area contributed by atoms with E-state index in [1.807, 2.05) is 19.1 Å². The number of allylic oxidation sites excluding steroid dienone is 1. The van der Waals surface area contributed by atoms with Crippen LogP contribution in [0.5, 0.6) is 5.75 Å². The highest BCUT2D eigenvalue weighted by Gasteiger charge is 2.41. The van der Waals surface area contributed by atoms with Crippen molar-refractivity contribution in [3.63, 3.8) is 0 Å². The number of nitrogens with one attached hydrogen (secondary N) is 1. The van der Waals surface area contributed by atoms with Gasteiger partial charge in [-0.3, -0.25) is 0 Å². The van der Waals surface area contributed by atoms with Gasteiger partial charge in [-0.25, -0.2) is 0 Å². The van der Waals surface area contributed by atoms with Gasteiger partial charge in [0.2, 0.25) is 0 Å². The molecule has 1 fully saturated rings. The summed E-state index contributed by atoms with van der Waals surface area (Å²) < 4.78 is 29.5. The SMILES string of the molecule is CC(NC1CC2CC=CC21)c1ccccc1OC(F)F. The van der Waals surface area contributed by atoms with E-state index in [0.717, 1.165) is 11.5 Å². The van der Waals surface area contributed by atoms with Gasteiger partial charge in [-0.2, -0.15) is 8.78 Å². The van der Waals surface area contributed by atoms with Gasteiger partial charge in [0.15, 0.2) is 0 Å². The second-order valence-corrected chi connectivity index (χ2v) is 5.65. The highest BCUT2D eigenvalue weighted by molar-refractivity contribution is 5.36. The zero-order valence-electron chi connectivity index (χ0n) is 11.4. The lowest BCUT2D eigenvalue weighted by atomic mass is 9.71. The molecule has 1 saturated carbocycles. The average Bonchev–Trinajstić information content (AvgIpc) is 2.77. The molecule has 0 aromatic heterocycles. The molecule has 4 unspecified atom stereocenters. The molecule has 0 bridgehead atoms. The Morgan fingerprint density at radius 1 is 1.30 bits per heavy atom. The normalized spacial score (nSPS) is 29.1. The highest BCUT2D eigenvalue weighted by Crippen LogP contribution is 2.43. The summed E-state index contributed by atoms with van der Waals surface area (Å²) in [7, 11) is 0. The lowest BCUT2D eigenvalue weighted by Crippen LogP contribution is -2.48. The first-order chi connectivity index (χ1) is 9.65. The van der Waals surface area contributed by atoms with E-state index in [4.69, 9.17) is 0 Å². The predicted octanol–water partition coefficient (Wildman–Crippen LogP) is 3.90. The van der Waals surface area contributed by atoms with E-state index in [-0.39, 0.29) is 11.8 Å². The molecular weight excluding hydrogens is 260 g/mol. The fourth-order valence-corrected chi connectivity index (χ4v) is 3.36. The molecule has 4 atom stereocenters. The van der Waals surface area contributed by atoms with Crippen LogP contribution in [0, 0.1) is 11.8 Å². The summed E-state index contributed by atoms with van der Waals surface area (Å²) in [4.78, 5) is 0. The summed E-state index contributed by atoms with van der Waals surface area (Å²) in [6.07, 6.45) is 6.87. The van der Waals surface area contributed by atoms with Crippen LogP contribution in [-0.2, 0) is 0 Å². The van der Waals surface area contributed by atoms with Crippen molar-refractivity contribution in [2.24, 2.45) is 11.8 Å². The Labute approximate surface area is 117 Å². The Bertz CT molecular complexity index is 503. The minimum absolute atomic E-state index is 0.00454. The van der Waals surface area contributed by atoms with Crippen LogP contribution in [0.3, 0.4) is 0 Å². The molecule has 0 saturated heterocycles. The molecule has 0 spiro atoms. The molecule has 0 heterocycles. The Morgan fingerprint density at radius 2 is 2.10 bits per heavy atom. The average molecular weight is 279 g/mol. The number of rotatable bonds is 5. The molecule has 4 heteroatoms. The van der Waals surface area contributed by atoms with Crippen molar-refractivity contribution < 1.29 is 13.5 Å². The second kappa shape index (κ2) is 5.52. The summed E-state index contributed by atoms with van der Waals surface area (Å²) >= 11 is 0. The van der Waals surface area contributed by atoms with Crippen LogP contribution in [0.15, 0.2) is 36.4 Å². The fourth-order valence-electron chi connectivity index (χ4n) is 3.36. The summed E-state index contributed by atoms with van der Waals surface area (Å²) in [6.45, 7) is -0.783. The number of ether oxygens (including phenoxy) is 1. The van der Waals surface area contributed by atoms with Gasteiger partial charge in [-0.1, -0.05) is 30.4 Å². The molecule has 108 valence electrons. The quantitative estimate of drug-likeness (QED) is 0.825. The first kappa shape index (κ1) is 13.6. The molecular formula is C16H19F2NO. The van der Waals surface area contributed by atoms with Gasteiger partial charge in [-0.05, 0) is 37.7 Å². The monoisotopic (exact) mass is 279 g/mol. The van der Waals surface area contributed by atoms with Crippen molar-refractivity contribution in [1.29, 1.82) is 0 Å². The molecule has 1 aromatic carbocycles. The van der Waals surface area contributed by atoms with Crippen LogP contribution >= 0.6 is 0 Å². The number of alkyl halides is 2. The Kier molecular flexibility index (Phi) is 3.74. The van der Waals surface area contributed by atoms with E-state index in [2.05, 4.69) is 22.2 Å². The molecule has 3 rings (SSSR count). The molecule has 0 radical (unpaired) electrons.